The van der Waals surface area contributed by atoms with Gasteiger partial charge in [0.2, 0.25) is 5.95 Å². The summed E-state index contributed by atoms with van der Waals surface area (Å²) in [4.78, 5) is 15.8. The van der Waals surface area contributed by atoms with Crippen molar-refractivity contribution in [3.8, 4) is 0 Å². The number of anilines is 3. The summed E-state index contributed by atoms with van der Waals surface area (Å²) in [6.45, 7) is 6.99. The quantitative estimate of drug-likeness (QED) is 0.773. The fraction of sp³-hybridized carbons (Fsp3) is 0.529. The maximum Gasteiger partial charge on any atom is 0.229 e. The van der Waals surface area contributed by atoms with E-state index in [1.807, 2.05) is 29.6 Å². The van der Waals surface area contributed by atoms with Crippen LogP contribution < -0.4 is 10.2 Å². The van der Waals surface area contributed by atoms with E-state index in [1.54, 1.807) is 17.2 Å². The third-order valence-electron chi connectivity index (χ3n) is 4.74. The number of hydrogen-bond acceptors (Lipinski definition) is 6. The molecule has 26 heavy (non-hydrogen) atoms. The van der Waals surface area contributed by atoms with E-state index in [2.05, 4.69) is 34.2 Å². The van der Waals surface area contributed by atoms with Gasteiger partial charge < -0.3 is 14.8 Å². The van der Waals surface area contributed by atoms with Gasteiger partial charge in [-0.25, -0.2) is 9.37 Å². The second kappa shape index (κ2) is 6.22. The molecule has 1 N–H and O–H groups in total. The van der Waals surface area contributed by atoms with E-state index in [1.165, 1.54) is 0 Å². The molecule has 9 heteroatoms. The van der Waals surface area contributed by atoms with Crippen molar-refractivity contribution in [3.05, 3.63) is 18.7 Å². The third kappa shape index (κ3) is 2.87. The minimum Gasteiger partial charge on any atom is -0.337 e. The largest absolute Gasteiger partial charge is 0.337 e. The van der Waals surface area contributed by atoms with E-state index in [0.717, 1.165) is 11.3 Å². The summed E-state index contributed by atoms with van der Waals surface area (Å²) in [7, 11) is 1.85. The molecule has 0 spiro atoms. The molecular weight excluding hydrogens is 335 g/mol. The number of fused-ring (bicyclic) bond motifs is 1. The van der Waals surface area contributed by atoms with Crippen molar-refractivity contribution in [1.29, 1.82) is 0 Å². The first kappa shape index (κ1) is 16.7. The molecule has 0 aromatic carbocycles. The van der Waals surface area contributed by atoms with Gasteiger partial charge in [-0.2, -0.15) is 15.1 Å². The molecule has 0 aliphatic carbocycles. The molecule has 1 aliphatic rings. The van der Waals surface area contributed by atoms with Crippen LogP contribution in [0.2, 0.25) is 0 Å². The number of rotatable bonds is 4. The smallest absolute Gasteiger partial charge is 0.229 e. The van der Waals surface area contributed by atoms with Crippen LogP contribution in [0, 0.1) is 5.92 Å². The van der Waals surface area contributed by atoms with Crippen LogP contribution in [0.15, 0.2) is 18.7 Å². The summed E-state index contributed by atoms with van der Waals surface area (Å²) < 4.78 is 17.7. The SMILES string of the molecule is CC1CN(c2nc(Nc3cnn(C)c3)c3ncn(C(C)C)c3n2)CC1F. The Morgan fingerprint density at radius 3 is 2.69 bits per heavy atom. The number of halogens is 1. The molecule has 4 rings (SSSR count). The van der Waals surface area contributed by atoms with E-state index in [0.29, 0.717) is 30.4 Å². The fourth-order valence-electron chi connectivity index (χ4n) is 3.22. The zero-order chi connectivity index (χ0) is 18.4. The van der Waals surface area contributed by atoms with Crippen LogP contribution in [0.25, 0.3) is 11.2 Å². The summed E-state index contributed by atoms with van der Waals surface area (Å²) in [6, 6.07) is 0.209. The van der Waals surface area contributed by atoms with Crippen LogP contribution >= 0.6 is 0 Å². The minimum absolute atomic E-state index is 0.0287. The van der Waals surface area contributed by atoms with Gasteiger partial charge in [0.25, 0.3) is 0 Å². The van der Waals surface area contributed by atoms with E-state index >= 15 is 0 Å². The highest BCUT2D eigenvalue weighted by atomic mass is 19.1. The molecular formula is C17H23FN8. The van der Waals surface area contributed by atoms with Crippen LogP contribution in [0.3, 0.4) is 0 Å². The zero-order valence-corrected chi connectivity index (χ0v) is 15.4. The number of alkyl halides is 1. The van der Waals surface area contributed by atoms with Gasteiger partial charge in [0, 0.05) is 31.7 Å². The lowest BCUT2D eigenvalue weighted by molar-refractivity contribution is 0.299. The molecule has 2 unspecified atom stereocenters. The molecule has 3 aromatic rings. The number of hydrogen-bond donors (Lipinski definition) is 1. The highest BCUT2D eigenvalue weighted by molar-refractivity contribution is 5.86. The number of imidazole rings is 1. The second-order valence-corrected chi connectivity index (χ2v) is 7.22. The van der Waals surface area contributed by atoms with Crippen molar-refractivity contribution in [2.75, 3.05) is 23.3 Å². The average molecular weight is 358 g/mol. The maximum atomic E-state index is 14.0. The van der Waals surface area contributed by atoms with Gasteiger partial charge in [0.05, 0.1) is 24.8 Å². The molecule has 0 bridgehead atoms. The summed E-state index contributed by atoms with van der Waals surface area (Å²) >= 11 is 0. The van der Waals surface area contributed by atoms with Gasteiger partial charge in [0.15, 0.2) is 17.0 Å². The summed E-state index contributed by atoms with van der Waals surface area (Å²) in [5.41, 5.74) is 2.25. The Bertz CT molecular complexity index is 920. The van der Waals surface area contributed by atoms with Crippen LogP contribution in [-0.2, 0) is 7.05 Å². The molecule has 3 aromatic heterocycles. The Balaban J connectivity index is 1.80. The Morgan fingerprint density at radius 1 is 1.27 bits per heavy atom. The molecule has 8 nitrogen and oxygen atoms in total. The van der Waals surface area contributed by atoms with Crippen molar-refractivity contribution in [2.45, 2.75) is 33.0 Å². The molecule has 0 radical (unpaired) electrons. The normalized spacial score (nSPS) is 20.5. The van der Waals surface area contributed by atoms with Crippen LogP contribution in [0.1, 0.15) is 26.8 Å². The predicted molar refractivity (Wildman–Crippen MR) is 98.5 cm³/mol. The first-order chi connectivity index (χ1) is 12.4. The molecule has 0 saturated carbocycles. The first-order valence-electron chi connectivity index (χ1n) is 8.81. The number of nitrogens with one attached hydrogen (secondary N) is 1. The molecule has 1 fully saturated rings. The van der Waals surface area contributed by atoms with Gasteiger partial charge in [0.1, 0.15) is 6.17 Å². The van der Waals surface area contributed by atoms with E-state index in [-0.39, 0.29) is 12.0 Å². The van der Waals surface area contributed by atoms with Gasteiger partial charge in [-0.15, -0.1) is 0 Å². The fourth-order valence-corrected chi connectivity index (χ4v) is 3.22. The van der Waals surface area contributed by atoms with E-state index < -0.39 is 6.17 Å². The number of nitrogens with zero attached hydrogens (tertiary/aromatic N) is 7. The van der Waals surface area contributed by atoms with Crippen molar-refractivity contribution >= 4 is 28.6 Å². The lowest BCUT2D eigenvalue weighted by atomic mass is 10.1. The Morgan fingerprint density at radius 2 is 2.08 bits per heavy atom. The van der Waals surface area contributed by atoms with Crippen LogP contribution in [-0.4, -0.2) is 48.6 Å². The minimum atomic E-state index is -0.862. The van der Waals surface area contributed by atoms with Crippen molar-refractivity contribution in [3.63, 3.8) is 0 Å². The maximum absolute atomic E-state index is 14.0. The highest BCUT2D eigenvalue weighted by Gasteiger charge is 2.31. The lowest BCUT2D eigenvalue weighted by Gasteiger charge is -2.17. The monoisotopic (exact) mass is 358 g/mol. The Kier molecular flexibility index (Phi) is 4.01. The lowest BCUT2D eigenvalue weighted by Crippen LogP contribution is -2.23. The molecule has 2 atom stereocenters. The zero-order valence-electron chi connectivity index (χ0n) is 15.4. The summed E-state index contributed by atoms with van der Waals surface area (Å²) in [5.74, 6) is 1.10. The molecule has 138 valence electrons. The van der Waals surface area contributed by atoms with E-state index in [9.17, 15) is 4.39 Å². The van der Waals surface area contributed by atoms with Crippen LogP contribution in [0.4, 0.5) is 21.8 Å². The topological polar surface area (TPSA) is 76.7 Å². The van der Waals surface area contributed by atoms with Crippen molar-refractivity contribution < 1.29 is 4.39 Å². The Labute approximate surface area is 151 Å². The summed E-state index contributed by atoms with van der Waals surface area (Å²) in [6.07, 6.45) is 4.50. The third-order valence-corrected chi connectivity index (χ3v) is 4.74. The van der Waals surface area contributed by atoms with Gasteiger partial charge in [-0.1, -0.05) is 6.92 Å². The van der Waals surface area contributed by atoms with Gasteiger partial charge in [-0.3, -0.25) is 4.68 Å². The molecule has 1 aliphatic heterocycles. The molecule has 0 amide bonds. The predicted octanol–water partition coefficient (Wildman–Crippen LogP) is 2.68. The second-order valence-electron chi connectivity index (χ2n) is 7.22. The Hall–Kier alpha value is -2.71. The first-order valence-corrected chi connectivity index (χ1v) is 8.81. The highest BCUT2D eigenvalue weighted by Crippen LogP contribution is 2.29. The van der Waals surface area contributed by atoms with Crippen molar-refractivity contribution in [1.82, 2.24) is 29.3 Å². The number of aromatic nitrogens is 6. The average Bonchev–Trinajstić information content (AvgIpc) is 3.27. The molecule has 4 heterocycles. The summed E-state index contributed by atoms with van der Waals surface area (Å²) in [5, 5.41) is 7.45. The van der Waals surface area contributed by atoms with Crippen molar-refractivity contribution in [2.24, 2.45) is 13.0 Å². The number of aryl methyl sites for hydroxylation is 1. The van der Waals surface area contributed by atoms with Crippen LogP contribution in [0.5, 0.6) is 0 Å². The van der Waals surface area contributed by atoms with Gasteiger partial charge in [-0.05, 0) is 13.8 Å². The van der Waals surface area contributed by atoms with Gasteiger partial charge >= 0.3 is 0 Å². The standard InChI is InChI=1S/C17H23FN8/c1-10(2)26-9-19-14-15(21-12-5-20-24(4)7-12)22-17(23-16(14)26)25-6-11(3)13(18)8-25/h5,7,9-11,13H,6,8H2,1-4H3,(H,21,22,23). The van der Waals surface area contributed by atoms with E-state index in [4.69, 9.17) is 4.98 Å². The molecule has 1 saturated heterocycles.